The first kappa shape index (κ1) is 19.6. The van der Waals surface area contributed by atoms with Crippen LogP contribution in [0.5, 0.6) is 5.75 Å². The molecule has 0 saturated carbocycles. The van der Waals surface area contributed by atoms with Crippen LogP contribution in [0.1, 0.15) is 50.4 Å². The van der Waals surface area contributed by atoms with Gasteiger partial charge in [-0.15, -0.1) is 0 Å². The molecule has 4 rings (SSSR count). The fraction of sp³-hybridized carbons (Fsp3) is 0.476. The van der Waals surface area contributed by atoms with E-state index in [0.29, 0.717) is 5.82 Å². The Hall–Kier alpha value is -2.71. The number of imidazole rings is 1. The zero-order valence-corrected chi connectivity index (χ0v) is 16.8. The summed E-state index contributed by atoms with van der Waals surface area (Å²) in [5.41, 5.74) is 2.62. The van der Waals surface area contributed by atoms with Gasteiger partial charge in [-0.05, 0) is 37.0 Å². The molecule has 29 heavy (non-hydrogen) atoms. The quantitative estimate of drug-likeness (QED) is 0.601. The number of aliphatic hydroxyl groups is 1. The summed E-state index contributed by atoms with van der Waals surface area (Å²) in [5, 5.41) is 12.9. The Labute approximate surface area is 169 Å². The first-order chi connectivity index (χ1) is 14.2. The van der Waals surface area contributed by atoms with Gasteiger partial charge in [0.05, 0.1) is 32.2 Å². The van der Waals surface area contributed by atoms with Crippen molar-refractivity contribution >= 4 is 17.0 Å². The van der Waals surface area contributed by atoms with Crippen LogP contribution >= 0.6 is 0 Å². The fourth-order valence-electron chi connectivity index (χ4n) is 3.81. The average molecular weight is 397 g/mol. The number of fused-ring (bicyclic) bond motifs is 1. The Morgan fingerprint density at radius 1 is 1.24 bits per heavy atom. The van der Waals surface area contributed by atoms with Gasteiger partial charge >= 0.3 is 0 Å². The van der Waals surface area contributed by atoms with E-state index in [9.17, 15) is 5.11 Å². The maximum atomic E-state index is 9.34. The van der Waals surface area contributed by atoms with Crippen molar-refractivity contribution in [1.82, 2.24) is 19.5 Å². The number of rotatable bonds is 8. The van der Waals surface area contributed by atoms with Gasteiger partial charge in [0.25, 0.3) is 0 Å². The molecule has 3 atom stereocenters. The minimum absolute atomic E-state index is 0.0332. The lowest BCUT2D eigenvalue weighted by Crippen LogP contribution is -2.14. The van der Waals surface area contributed by atoms with Gasteiger partial charge < -0.3 is 19.9 Å². The summed E-state index contributed by atoms with van der Waals surface area (Å²) in [6.45, 7) is 2.20. The summed E-state index contributed by atoms with van der Waals surface area (Å²) < 4.78 is 13.1. The molecule has 1 aliphatic rings. The second kappa shape index (κ2) is 8.75. The van der Waals surface area contributed by atoms with Crippen molar-refractivity contribution in [3.8, 4) is 5.75 Å². The lowest BCUT2D eigenvalue weighted by molar-refractivity contribution is -0.0207. The predicted octanol–water partition coefficient (Wildman–Crippen LogP) is 3.46. The lowest BCUT2D eigenvalue weighted by atomic mass is 10.0. The number of anilines is 1. The Morgan fingerprint density at radius 2 is 2.07 bits per heavy atom. The molecular weight excluding hydrogens is 370 g/mol. The SMILES string of the molecule is CCCC(Nc1ncnc2c1ncn2C1CCC(CO)O1)c1ccc(OC)cc1. The van der Waals surface area contributed by atoms with Gasteiger partial charge in [0.15, 0.2) is 17.0 Å². The van der Waals surface area contributed by atoms with Crippen LogP contribution in [-0.2, 0) is 4.74 Å². The number of nitrogens with one attached hydrogen (secondary N) is 1. The van der Waals surface area contributed by atoms with Gasteiger partial charge in [0, 0.05) is 0 Å². The van der Waals surface area contributed by atoms with E-state index in [2.05, 4.69) is 39.3 Å². The Bertz CT molecular complexity index is 943. The molecule has 0 radical (unpaired) electrons. The number of benzene rings is 1. The van der Waals surface area contributed by atoms with Crippen LogP contribution in [-0.4, -0.2) is 44.4 Å². The van der Waals surface area contributed by atoms with E-state index >= 15 is 0 Å². The Morgan fingerprint density at radius 3 is 2.76 bits per heavy atom. The second-order valence-corrected chi connectivity index (χ2v) is 7.28. The standard InChI is InChI=1S/C21H27N5O3/c1-3-4-17(14-5-7-15(28-2)8-6-14)25-20-19-21(23-12-22-20)26(13-24-19)18-10-9-16(11-27)29-18/h5-8,12-13,16-18,27H,3-4,9-11H2,1-2H3,(H,22,23,25). The van der Waals surface area contributed by atoms with Gasteiger partial charge in [-0.3, -0.25) is 4.57 Å². The molecule has 154 valence electrons. The van der Waals surface area contributed by atoms with Crippen molar-refractivity contribution in [3.63, 3.8) is 0 Å². The van der Waals surface area contributed by atoms with Gasteiger partial charge in [-0.2, -0.15) is 0 Å². The number of aliphatic hydroxyl groups excluding tert-OH is 1. The zero-order chi connectivity index (χ0) is 20.2. The van der Waals surface area contributed by atoms with Gasteiger partial charge in [0.2, 0.25) is 0 Å². The molecular formula is C21H27N5O3. The molecule has 3 unspecified atom stereocenters. The highest BCUT2D eigenvalue weighted by Crippen LogP contribution is 2.32. The summed E-state index contributed by atoms with van der Waals surface area (Å²) >= 11 is 0. The molecule has 1 aromatic carbocycles. The third-order valence-corrected chi connectivity index (χ3v) is 5.36. The molecule has 0 bridgehead atoms. The van der Waals surface area contributed by atoms with Crippen LogP contribution in [0.3, 0.4) is 0 Å². The number of aromatic nitrogens is 4. The highest BCUT2D eigenvalue weighted by molar-refractivity contribution is 5.82. The third kappa shape index (κ3) is 4.04. The number of ether oxygens (including phenoxy) is 2. The van der Waals surface area contributed by atoms with Crippen LogP contribution in [0.4, 0.5) is 5.82 Å². The first-order valence-electron chi connectivity index (χ1n) is 10.1. The molecule has 0 amide bonds. The molecule has 1 aliphatic heterocycles. The first-order valence-corrected chi connectivity index (χ1v) is 10.1. The largest absolute Gasteiger partial charge is 0.497 e. The summed E-state index contributed by atoms with van der Waals surface area (Å²) in [4.78, 5) is 13.5. The average Bonchev–Trinajstić information content (AvgIpc) is 3.40. The van der Waals surface area contributed by atoms with Crippen molar-refractivity contribution in [3.05, 3.63) is 42.5 Å². The molecule has 8 heteroatoms. The van der Waals surface area contributed by atoms with Crippen molar-refractivity contribution in [1.29, 1.82) is 0 Å². The van der Waals surface area contributed by atoms with Crippen LogP contribution in [0, 0.1) is 0 Å². The molecule has 8 nitrogen and oxygen atoms in total. The summed E-state index contributed by atoms with van der Waals surface area (Å²) in [6.07, 6.45) is 6.66. The minimum atomic E-state index is -0.159. The van der Waals surface area contributed by atoms with Crippen molar-refractivity contribution in [2.24, 2.45) is 0 Å². The molecule has 1 saturated heterocycles. The molecule has 0 aliphatic carbocycles. The zero-order valence-electron chi connectivity index (χ0n) is 16.8. The van der Waals surface area contributed by atoms with E-state index in [1.54, 1.807) is 19.8 Å². The number of nitrogens with zero attached hydrogens (tertiary/aromatic N) is 4. The maximum absolute atomic E-state index is 9.34. The monoisotopic (exact) mass is 397 g/mol. The molecule has 2 N–H and O–H groups in total. The van der Waals surface area contributed by atoms with E-state index in [-0.39, 0.29) is 25.0 Å². The molecule has 0 spiro atoms. The Balaban J connectivity index is 1.61. The molecule has 3 heterocycles. The van der Waals surface area contributed by atoms with E-state index in [0.717, 1.165) is 42.6 Å². The van der Waals surface area contributed by atoms with E-state index < -0.39 is 0 Å². The summed E-state index contributed by atoms with van der Waals surface area (Å²) in [6, 6.07) is 8.20. The lowest BCUT2D eigenvalue weighted by Gasteiger charge is -2.20. The third-order valence-electron chi connectivity index (χ3n) is 5.36. The Kier molecular flexibility index (Phi) is 5.92. The summed E-state index contributed by atoms with van der Waals surface area (Å²) in [5.74, 6) is 1.55. The van der Waals surface area contributed by atoms with E-state index in [1.807, 2.05) is 16.7 Å². The van der Waals surface area contributed by atoms with Crippen LogP contribution in [0.25, 0.3) is 11.2 Å². The van der Waals surface area contributed by atoms with Gasteiger partial charge in [-0.1, -0.05) is 25.5 Å². The summed E-state index contributed by atoms with van der Waals surface area (Å²) in [7, 11) is 1.67. The number of methoxy groups -OCH3 is 1. The van der Waals surface area contributed by atoms with Crippen LogP contribution in [0.2, 0.25) is 0 Å². The van der Waals surface area contributed by atoms with Gasteiger partial charge in [0.1, 0.15) is 18.3 Å². The minimum Gasteiger partial charge on any atom is -0.497 e. The molecule has 1 fully saturated rings. The van der Waals surface area contributed by atoms with Gasteiger partial charge in [-0.25, -0.2) is 15.0 Å². The normalized spacial score (nSPS) is 20.1. The van der Waals surface area contributed by atoms with Crippen molar-refractivity contribution < 1.29 is 14.6 Å². The molecule has 2 aromatic heterocycles. The highest BCUT2D eigenvalue weighted by Gasteiger charge is 2.28. The van der Waals surface area contributed by atoms with Crippen molar-refractivity contribution in [2.45, 2.75) is 51.0 Å². The maximum Gasteiger partial charge on any atom is 0.167 e. The predicted molar refractivity (Wildman–Crippen MR) is 110 cm³/mol. The topological polar surface area (TPSA) is 94.3 Å². The fourth-order valence-corrected chi connectivity index (χ4v) is 3.81. The van der Waals surface area contributed by atoms with E-state index in [1.165, 1.54) is 5.56 Å². The molecule has 3 aromatic rings. The number of hydrogen-bond acceptors (Lipinski definition) is 7. The van der Waals surface area contributed by atoms with Crippen LogP contribution in [0.15, 0.2) is 36.9 Å². The highest BCUT2D eigenvalue weighted by atomic mass is 16.5. The smallest absolute Gasteiger partial charge is 0.167 e. The number of hydrogen-bond donors (Lipinski definition) is 2. The second-order valence-electron chi connectivity index (χ2n) is 7.28. The van der Waals surface area contributed by atoms with Crippen LogP contribution < -0.4 is 10.1 Å². The van der Waals surface area contributed by atoms with Crippen molar-refractivity contribution in [2.75, 3.05) is 19.0 Å². The van der Waals surface area contributed by atoms with E-state index in [4.69, 9.17) is 9.47 Å².